The second kappa shape index (κ2) is 9.70. The van der Waals surface area contributed by atoms with Crippen LogP contribution in [0.3, 0.4) is 0 Å². The molecule has 0 spiro atoms. The van der Waals surface area contributed by atoms with Gasteiger partial charge in [-0.2, -0.15) is 0 Å². The molecule has 1 aliphatic rings. The first-order valence-corrected chi connectivity index (χ1v) is 8.39. The summed E-state index contributed by atoms with van der Waals surface area (Å²) in [6.07, 6.45) is 2.57. The number of hydrogen-bond acceptors (Lipinski definition) is 3. The number of nitrogens with zero attached hydrogens (tertiary/aromatic N) is 1. The van der Waals surface area contributed by atoms with Gasteiger partial charge < -0.3 is 15.0 Å². The molecule has 0 aliphatic carbocycles. The molecule has 1 fully saturated rings. The van der Waals surface area contributed by atoms with Crippen molar-refractivity contribution in [3.63, 3.8) is 0 Å². The average molecular weight is 314 g/mol. The predicted molar refractivity (Wildman–Crippen MR) is 89.8 cm³/mol. The number of likely N-dealkylation sites (tertiary alicyclic amines) is 1. The molecule has 130 valence electrons. The first-order chi connectivity index (χ1) is 10.1. The van der Waals surface area contributed by atoms with Gasteiger partial charge in [-0.1, -0.05) is 34.1 Å². The predicted octanol–water partition coefficient (Wildman–Crippen LogP) is 3.57. The minimum absolute atomic E-state index is 0.00360. The van der Waals surface area contributed by atoms with E-state index < -0.39 is 5.60 Å². The summed E-state index contributed by atoms with van der Waals surface area (Å²) in [4.78, 5) is 25.2. The van der Waals surface area contributed by atoms with Crippen LogP contribution in [0.15, 0.2) is 0 Å². The molecule has 1 rings (SSSR count). The van der Waals surface area contributed by atoms with E-state index >= 15 is 0 Å². The van der Waals surface area contributed by atoms with Crippen LogP contribution >= 0.6 is 0 Å². The molecule has 1 N–H and O–H groups in total. The number of hydrogen-bond donors (Lipinski definition) is 1. The average Bonchev–Trinajstić information content (AvgIpc) is 2.38. The van der Waals surface area contributed by atoms with E-state index in [1.54, 1.807) is 4.90 Å². The smallest absolute Gasteiger partial charge is 0.410 e. The normalized spacial score (nSPS) is 15.9. The topological polar surface area (TPSA) is 58.6 Å². The van der Waals surface area contributed by atoms with Crippen LogP contribution in [-0.2, 0) is 9.53 Å². The lowest BCUT2D eigenvalue weighted by Gasteiger charge is -2.33. The number of carbonyl (C=O) groups is 2. The summed E-state index contributed by atoms with van der Waals surface area (Å²) in [7, 11) is 0. The third kappa shape index (κ3) is 8.90. The van der Waals surface area contributed by atoms with Crippen molar-refractivity contribution in [2.45, 2.75) is 79.4 Å². The highest BCUT2D eigenvalue weighted by Gasteiger charge is 2.27. The van der Waals surface area contributed by atoms with E-state index in [4.69, 9.17) is 4.74 Å². The molecule has 0 aromatic heterocycles. The first kappa shape index (κ1) is 20.7. The van der Waals surface area contributed by atoms with Crippen molar-refractivity contribution in [1.82, 2.24) is 10.2 Å². The molecule has 2 amide bonds. The monoisotopic (exact) mass is 314 g/mol. The van der Waals surface area contributed by atoms with Gasteiger partial charge in [-0.3, -0.25) is 4.79 Å². The lowest BCUT2D eigenvalue weighted by atomic mass is 10.0. The van der Waals surface area contributed by atoms with Gasteiger partial charge in [-0.05, 0) is 33.6 Å². The summed E-state index contributed by atoms with van der Waals surface area (Å²) in [5, 5.41) is 3.01. The quantitative estimate of drug-likeness (QED) is 0.847. The Hall–Kier alpha value is -1.26. The van der Waals surface area contributed by atoms with Crippen LogP contribution in [0.2, 0.25) is 0 Å². The zero-order chi connectivity index (χ0) is 17.3. The summed E-state index contributed by atoms with van der Waals surface area (Å²) < 4.78 is 5.33. The molecule has 1 aliphatic heterocycles. The zero-order valence-corrected chi connectivity index (χ0v) is 15.4. The Morgan fingerprint density at radius 2 is 1.64 bits per heavy atom. The first-order valence-electron chi connectivity index (χ1n) is 8.39. The maximum absolute atomic E-state index is 11.9. The molecular formula is C17H34N2O3. The van der Waals surface area contributed by atoms with Gasteiger partial charge in [0, 0.05) is 25.0 Å². The Labute approximate surface area is 135 Å². The highest BCUT2D eigenvalue weighted by molar-refractivity contribution is 5.78. The van der Waals surface area contributed by atoms with Gasteiger partial charge >= 0.3 is 6.09 Å². The molecule has 5 nitrogen and oxygen atoms in total. The minimum atomic E-state index is -0.459. The van der Waals surface area contributed by atoms with Crippen LogP contribution in [0.1, 0.15) is 67.7 Å². The van der Waals surface area contributed by atoms with Crippen LogP contribution in [0.25, 0.3) is 0 Å². The third-order valence-corrected chi connectivity index (χ3v) is 3.02. The van der Waals surface area contributed by atoms with Gasteiger partial charge in [-0.15, -0.1) is 0 Å². The van der Waals surface area contributed by atoms with Crippen LogP contribution in [0.4, 0.5) is 4.79 Å². The van der Waals surface area contributed by atoms with E-state index in [0.29, 0.717) is 13.1 Å². The summed E-state index contributed by atoms with van der Waals surface area (Å²) >= 11 is 0. The maximum atomic E-state index is 11.9. The van der Waals surface area contributed by atoms with Crippen LogP contribution < -0.4 is 5.32 Å². The Kier molecular flexibility index (Phi) is 9.14. The van der Waals surface area contributed by atoms with Gasteiger partial charge in [0.1, 0.15) is 5.60 Å². The van der Waals surface area contributed by atoms with E-state index in [-0.39, 0.29) is 24.0 Å². The van der Waals surface area contributed by atoms with Crippen molar-refractivity contribution in [2.75, 3.05) is 13.1 Å². The summed E-state index contributed by atoms with van der Waals surface area (Å²) in [6.45, 7) is 14.9. The SMILES string of the molecule is CC(C)C(=O)NC1CCN(C(=O)OC(C)(C)C)CC1.CCC. The molecule has 0 radical (unpaired) electrons. The molecule has 0 aromatic rings. The second-order valence-electron chi connectivity index (χ2n) is 7.11. The summed E-state index contributed by atoms with van der Waals surface area (Å²) in [6, 6.07) is 0.175. The highest BCUT2D eigenvalue weighted by atomic mass is 16.6. The van der Waals surface area contributed by atoms with E-state index in [0.717, 1.165) is 12.8 Å². The zero-order valence-electron chi connectivity index (χ0n) is 15.4. The van der Waals surface area contributed by atoms with E-state index in [2.05, 4.69) is 19.2 Å². The van der Waals surface area contributed by atoms with Crippen LogP contribution in [0, 0.1) is 5.92 Å². The van der Waals surface area contributed by atoms with Crippen molar-refractivity contribution in [3.8, 4) is 0 Å². The second-order valence-corrected chi connectivity index (χ2v) is 7.11. The van der Waals surface area contributed by atoms with Crippen molar-refractivity contribution in [2.24, 2.45) is 5.92 Å². The molecule has 0 atom stereocenters. The standard InChI is InChI=1S/C14H26N2O3.C3H8/c1-10(2)12(17)15-11-6-8-16(9-7-11)13(18)19-14(3,4)5;1-3-2/h10-11H,6-9H2,1-5H3,(H,15,17);3H2,1-2H3. The molecule has 0 aromatic carbocycles. The molecule has 0 bridgehead atoms. The highest BCUT2D eigenvalue weighted by Crippen LogP contribution is 2.15. The molecule has 1 saturated heterocycles. The lowest BCUT2D eigenvalue weighted by Crippen LogP contribution is -2.48. The Morgan fingerprint density at radius 3 is 2.00 bits per heavy atom. The number of amides is 2. The number of rotatable bonds is 2. The lowest BCUT2D eigenvalue weighted by molar-refractivity contribution is -0.125. The van der Waals surface area contributed by atoms with Crippen molar-refractivity contribution in [1.29, 1.82) is 0 Å². The van der Waals surface area contributed by atoms with Crippen molar-refractivity contribution in [3.05, 3.63) is 0 Å². The van der Waals surface area contributed by atoms with Gasteiger partial charge in [0.15, 0.2) is 0 Å². The van der Waals surface area contributed by atoms with Gasteiger partial charge in [-0.25, -0.2) is 4.79 Å². The maximum Gasteiger partial charge on any atom is 0.410 e. The number of ether oxygens (including phenoxy) is 1. The molecule has 5 heteroatoms. The van der Waals surface area contributed by atoms with E-state index in [9.17, 15) is 9.59 Å². The Morgan fingerprint density at radius 1 is 1.18 bits per heavy atom. The summed E-state index contributed by atoms with van der Waals surface area (Å²) in [5.41, 5.74) is -0.459. The molecule has 1 heterocycles. The summed E-state index contributed by atoms with van der Waals surface area (Å²) in [5.74, 6) is 0.0830. The van der Waals surface area contributed by atoms with E-state index in [1.165, 1.54) is 6.42 Å². The van der Waals surface area contributed by atoms with Crippen molar-refractivity contribution < 1.29 is 14.3 Å². The Balaban J connectivity index is 0.00000135. The van der Waals surface area contributed by atoms with Crippen molar-refractivity contribution >= 4 is 12.0 Å². The fraction of sp³-hybridized carbons (Fsp3) is 0.882. The van der Waals surface area contributed by atoms with Gasteiger partial charge in [0.05, 0.1) is 0 Å². The number of nitrogens with one attached hydrogen (secondary N) is 1. The van der Waals surface area contributed by atoms with Crippen LogP contribution in [-0.4, -0.2) is 41.6 Å². The molecular weight excluding hydrogens is 280 g/mol. The number of piperidine rings is 1. The molecule has 22 heavy (non-hydrogen) atoms. The molecule has 0 saturated carbocycles. The van der Waals surface area contributed by atoms with E-state index in [1.807, 2.05) is 34.6 Å². The van der Waals surface area contributed by atoms with Gasteiger partial charge in [0.2, 0.25) is 5.91 Å². The Bertz CT molecular complexity index is 340. The fourth-order valence-corrected chi connectivity index (χ4v) is 1.90. The number of carbonyl (C=O) groups excluding carboxylic acids is 2. The largest absolute Gasteiger partial charge is 0.444 e. The van der Waals surface area contributed by atoms with Gasteiger partial charge in [0.25, 0.3) is 0 Å². The third-order valence-electron chi connectivity index (χ3n) is 3.02. The van der Waals surface area contributed by atoms with Crippen LogP contribution in [0.5, 0.6) is 0 Å². The molecule has 0 unspecified atom stereocenters. The minimum Gasteiger partial charge on any atom is -0.444 e. The fourth-order valence-electron chi connectivity index (χ4n) is 1.90.